The SMILES string of the molecule is C=C[C@@H]1C[C@]1(NC(=O)[C@@H]1C[C@@H]2CN1C(=O)[C@H](CCCC)NC(=O)OCCCC=Cc1cc(cc(OC(F)(F)F)c1)CO2)C(=O)NS(=O)(=O)C1CC1. The van der Waals surface area contributed by atoms with E-state index in [0.29, 0.717) is 49.7 Å². The highest BCUT2D eigenvalue weighted by Gasteiger charge is 2.62. The van der Waals surface area contributed by atoms with E-state index in [1.165, 1.54) is 23.1 Å². The van der Waals surface area contributed by atoms with E-state index in [1.54, 1.807) is 18.2 Å². The molecule has 2 heterocycles. The average Bonchev–Trinajstić information content (AvgIpc) is 3.98. The number of ether oxygens (including phenoxy) is 3. The second kappa shape index (κ2) is 15.6. The van der Waals surface area contributed by atoms with Gasteiger partial charge in [0.1, 0.15) is 23.4 Å². The first-order valence-electron chi connectivity index (χ1n) is 17.1. The lowest BCUT2D eigenvalue weighted by molar-refractivity contribution is -0.274. The molecule has 0 spiro atoms. The van der Waals surface area contributed by atoms with Gasteiger partial charge in [0.05, 0.1) is 24.6 Å². The summed E-state index contributed by atoms with van der Waals surface area (Å²) in [5.41, 5.74) is -0.852. The van der Waals surface area contributed by atoms with Crippen LogP contribution in [0.25, 0.3) is 6.08 Å². The first kappa shape index (κ1) is 38.1. The van der Waals surface area contributed by atoms with Crippen molar-refractivity contribution in [3.8, 4) is 5.75 Å². The molecule has 1 saturated heterocycles. The van der Waals surface area contributed by atoms with Gasteiger partial charge in [0.25, 0.3) is 5.91 Å². The summed E-state index contributed by atoms with van der Waals surface area (Å²) in [6.45, 7) is 5.31. The third kappa shape index (κ3) is 9.81. The van der Waals surface area contributed by atoms with E-state index in [2.05, 4.69) is 26.7 Å². The molecule has 51 heavy (non-hydrogen) atoms. The van der Waals surface area contributed by atoms with E-state index in [4.69, 9.17) is 9.47 Å². The Morgan fingerprint density at radius 1 is 1.22 bits per heavy atom. The van der Waals surface area contributed by atoms with Gasteiger partial charge in [-0.1, -0.05) is 38.0 Å². The van der Waals surface area contributed by atoms with Crippen molar-refractivity contribution in [1.82, 2.24) is 20.3 Å². The summed E-state index contributed by atoms with van der Waals surface area (Å²) < 4.78 is 82.2. The molecule has 280 valence electrons. The van der Waals surface area contributed by atoms with Gasteiger partial charge in [-0.15, -0.1) is 19.8 Å². The van der Waals surface area contributed by atoms with E-state index in [-0.39, 0.29) is 39.0 Å². The molecular weight excluding hydrogens is 697 g/mol. The van der Waals surface area contributed by atoms with Crippen LogP contribution in [0.15, 0.2) is 36.9 Å². The van der Waals surface area contributed by atoms with Crippen molar-refractivity contribution in [3.05, 3.63) is 48.1 Å². The topological polar surface area (TPSA) is 169 Å². The number of carbonyl (C=O) groups is 4. The molecule has 3 fully saturated rings. The second-order valence-electron chi connectivity index (χ2n) is 13.3. The molecular formula is C34H43F3N4O9S. The molecule has 17 heteroatoms. The first-order chi connectivity index (χ1) is 24.1. The van der Waals surface area contributed by atoms with Gasteiger partial charge in [-0.2, -0.15) is 0 Å². The predicted octanol–water partition coefficient (Wildman–Crippen LogP) is 3.83. The number of benzene rings is 1. The third-order valence-corrected chi connectivity index (χ3v) is 11.1. The highest BCUT2D eigenvalue weighted by atomic mass is 32.2. The van der Waals surface area contributed by atoms with Gasteiger partial charge < -0.3 is 29.7 Å². The van der Waals surface area contributed by atoms with Crippen molar-refractivity contribution in [1.29, 1.82) is 0 Å². The molecule has 13 nitrogen and oxygen atoms in total. The molecule has 4 bridgehead atoms. The van der Waals surface area contributed by atoms with Crippen LogP contribution in [0.2, 0.25) is 0 Å². The summed E-state index contributed by atoms with van der Waals surface area (Å²) in [6, 6.07) is 1.76. The molecule has 0 radical (unpaired) electrons. The summed E-state index contributed by atoms with van der Waals surface area (Å²) in [5, 5.41) is 4.64. The number of fused-ring (bicyclic) bond motifs is 4. The predicted molar refractivity (Wildman–Crippen MR) is 177 cm³/mol. The van der Waals surface area contributed by atoms with Gasteiger partial charge in [-0.05, 0) is 67.9 Å². The van der Waals surface area contributed by atoms with Crippen LogP contribution in [0.3, 0.4) is 0 Å². The molecule has 0 unspecified atom stereocenters. The number of rotatable bonds is 10. The Morgan fingerprint density at radius 3 is 2.65 bits per heavy atom. The number of alkyl carbamates (subject to hydrolysis) is 1. The van der Waals surface area contributed by atoms with Crippen LogP contribution >= 0.6 is 0 Å². The van der Waals surface area contributed by atoms with Crippen molar-refractivity contribution in [2.45, 2.75) is 107 Å². The highest BCUT2D eigenvalue weighted by Crippen LogP contribution is 2.45. The fourth-order valence-corrected chi connectivity index (χ4v) is 7.70. The number of hydrogen-bond donors (Lipinski definition) is 3. The molecule has 1 aromatic rings. The Labute approximate surface area is 294 Å². The zero-order valence-electron chi connectivity index (χ0n) is 28.2. The number of nitrogens with zero attached hydrogens (tertiary/aromatic N) is 1. The molecule has 2 saturated carbocycles. The minimum absolute atomic E-state index is 0.00305. The van der Waals surface area contributed by atoms with Crippen LogP contribution in [0, 0.1) is 5.92 Å². The van der Waals surface area contributed by atoms with E-state index in [1.807, 2.05) is 6.92 Å². The number of carbonyl (C=O) groups excluding carboxylic acids is 4. The van der Waals surface area contributed by atoms with Crippen molar-refractivity contribution in [3.63, 3.8) is 0 Å². The monoisotopic (exact) mass is 740 g/mol. The average molecular weight is 741 g/mol. The maximum absolute atomic E-state index is 14.1. The van der Waals surface area contributed by atoms with Crippen molar-refractivity contribution < 1.29 is 55.0 Å². The number of sulfonamides is 1. The van der Waals surface area contributed by atoms with Crippen LogP contribution in [0.5, 0.6) is 5.75 Å². The largest absolute Gasteiger partial charge is 0.573 e. The summed E-state index contributed by atoms with van der Waals surface area (Å²) >= 11 is 0. The lowest BCUT2D eigenvalue weighted by atomic mass is 10.1. The van der Waals surface area contributed by atoms with E-state index in [0.717, 1.165) is 0 Å². The van der Waals surface area contributed by atoms with Crippen LogP contribution in [0.1, 0.15) is 75.8 Å². The number of hydrogen-bond acceptors (Lipinski definition) is 9. The molecule has 1 aromatic carbocycles. The van der Waals surface area contributed by atoms with Gasteiger partial charge in [0.15, 0.2) is 0 Å². The number of cyclic esters (lactones) is 1. The van der Waals surface area contributed by atoms with Crippen molar-refractivity contribution in [2.24, 2.45) is 5.92 Å². The van der Waals surface area contributed by atoms with Crippen molar-refractivity contribution in [2.75, 3.05) is 13.2 Å². The lowest BCUT2D eigenvalue weighted by Crippen LogP contribution is -2.58. The van der Waals surface area contributed by atoms with Crippen LogP contribution in [0.4, 0.5) is 18.0 Å². The maximum Gasteiger partial charge on any atom is 0.573 e. The fourth-order valence-electron chi connectivity index (χ4n) is 6.34. The normalized spacial score (nSPS) is 27.3. The van der Waals surface area contributed by atoms with Gasteiger partial charge in [-0.25, -0.2) is 13.2 Å². The Morgan fingerprint density at radius 2 is 1.98 bits per heavy atom. The molecule has 2 aliphatic heterocycles. The first-order valence-corrected chi connectivity index (χ1v) is 18.6. The highest BCUT2D eigenvalue weighted by molar-refractivity contribution is 7.91. The van der Waals surface area contributed by atoms with Gasteiger partial charge in [0, 0.05) is 18.9 Å². The van der Waals surface area contributed by atoms with Gasteiger partial charge in [0.2, 0.25) is 21.8 Å². The molecule has 4 amide bonds. The Bertz CT molecular complexity index is 1650. The zero-order chi connectivity index (χ0) is 37.0. The molecule has 5 rings (SSSR count). The Balaban J connectivity index is 1.42. The smallest absolute Gasteiger partial charge is 0.450 e. The molecule has 4 aliphatic rings. The third-order valence-electron chi connectivity index (χ3n) is 9.30. The van der Waals surface area contributed by atoms with Crippen LogP contribution in [-0.2, 0) is 40.5 Å². The summed E-state index contributed by atoms with van der Waals surface area (Å²) in [5.74, 6) is -3.26. The maximum atomic E-state index is 14.1. The minimum atomic E-state index is -4.93. The van der Waals surface area contributed by atoms with E-state index in [9.17, 15) is 40.8 Å². The van der Waals surface area contributed by atoms with E-state index < -0.39 is 80.8 Å². The number of unbranched alkanes of at least 4 members (excludes halogenated alkanes) is 1. The zero-order valence-corrected chi connectivity index (χ0v) is 29.0. The standard InChI is InChI=1S/C34H43F3N4O9S/c1-3-5-10-27-30(43)41-19-25(17-28(41)29(42)39-33(18-23(33)4-2)31(44)40-51(46,47)26-11-12-26)49-20-22-14-21(15-24(16-22)50-34(35,36)37)9-7-6-8-13-48-32(45)38-27/h4,7,9,14-16,23,25-28H,2-3,5-6,8,10-13,17-20H2,1H3,(H,38,45)(H,39,42)(H,40,44)/t23-,25-,27+,28+,33-/m1/s1. The molecule has 5 atom stereocenters. The summed E-state index contributed by atoms with van der Waals surface area (Å²) in [7, 11) is -3.93. The molecule has 0 aromatic heterocycles. The number of halogens is 3. The second-order valence-corrected chi connectivity index (χ2v) is 15.3. The van der Waals surface area contributed by atoms with Crippen molar-refractivity contribution >= 4 is 39.9 Å². The Hall–Kier alpha value is -4.12. The minimum Gasteiger partial charge on any atom is -0.450 e. The lowest BCUT2D eigenvalue weighted by Gasteiger charge is -2.29. The molecule has 2 aliphatic carbocycles. The number of amides is 4. The quantitative estimate of drug-likeness (QED) is 0.302. The number of alkyl halides is 3. The van der Waals surface area contributed by atoms with Gasteiger partial charge in [-0.3, -0.25) is 19.1 Å². The van der Waals surface area contributed by atoms with Gasteiger partial charge >= 0.3 is 12.5 Å². The summed E-state index contributed by atoms with van der Waals surface area (Å²) in [4.78, 5) is 55.5. The Kier molecular flexibility index (Phi) is 11.7. The van der Waals surface area contributed by atoms with Crippen LogP contribution in [-0.4, -0.2) is 85.6 Å². The van der Waals surface area contributed by atoms with E-state index >= 15 is 0 Å². The number of allylic oxidation sites excluding steroid dienone is 1. The summed E-state index contributed by atoms with van der Waals surface area (Å²) in [6.07, 6.45) is 1.43. The van der Waals surface area contributed by atoms with Crippen LogP contribution < -0.4 is 20.1 Å². The fraction of sp³-hybridized carbons (Fsp3) is 0.588. The number of nitrogens with one attached hydrogen (secondary N) is 3. The molecule has 3 N–H and O–H groups in total.